The fourth-order valence-corrected chi connectivity index (χ4v) is 2.47. The van der Waals surface area contributed by atoms with Crippen molar-refractivity contribution in [2.24, 2.45) is 0 Å². The van der Waals surface area contributed by atoms with E-state index in [9.17, 15) is 0 Å². The molecule has 0 spiro atoms. The Morgan fingerprint density at radius 2 is 2.05 bits per heavy atom. The van der Waals surface area contributed by atoms with Gasteiger partial charge in [0.15, 0.2) is 0 Å². The monoisotopic (exact) mass is 283 g/mol. The number of nitrogens with zero attached hydrogens (tertiary/aromatic N) is 2. The van der Waals surface area contributed by atoms with Crippen molar-refractivity contribution in [3.05, 3.63) is 36.2 Å². The van der Waals surface area contributed by atoms with Crippen molar-refractivity contribution >= 4 is 5.82 Å². The lowest BCUT2D eigenvalue weighted by Gasteiger charge is -2.16. The predicted octanol–water partition coefficient (Wildman–Crippen LogP) is 3.85. The van der Waals surface area contributed by atoms with Crippen LogP contribution >= 0.6 is 0 Å². The molecular formula is C17H21N3O. The molecule has 1 aliphatic carbocycles. The van der Waals surface area contributed by atoms with Crippen LogP contribution in [0.5, 0.6) is 5.75 Å². The minimum Gasteiger partial charge on any atom is -0.490 e. The Morgan fingerprint density at radius 3 is 2.71 bits per heavy atom. The van der Waals surface area contributed by atoms with Crippen molar-refractivity contribution < 1.29 is 4.74 Å². The van der Waals surface area contributed by atoms with E-state index in [0.717, 1.165) is 28.4 Å². The third-order valence-electron chi connectivity index (χ3n) is 3.63. The molecule has 0 saturated heterocycles. The third kappa shape index (κ3) is 2.99. The molecule has 4 nitrogen and oxygen atoms in total. The second kappa shape index (κ2) is 5.72. The molecule has 0 aliphatic heterocycles. The van der Waals surface area contributed by atoms with E-state index in [1.165, 1.54) is 12.8 Å². The normalized spacial score (nSPS) is 14.3. The highest BCUT2D eigenvalue weighted by molar-refractivity contribution is 5.70. The van der Waals surface area contributed by atoms with Gasteiger partial charge in [-0.1, -0.05) is 26.0 Å². The molecule has 0 bridgehead atoms. The first kappa shape index (κ1) is 13.9. The molecule has 1 aromatic heterocycles. The number of nitrogens with one attached hydrogen (secondary N) is 1. The SMILES string of the molecule is CNc1ncnc(-c2cccc(OC3CC3)c2)c1C(C)C. The standard InChI is InChI=1S/C17H21N3O/c1-11(2)15-16(19-10-20-17(15)18-3)12-5-4-6-14(9-12)21-13-7-8-13/h4-6,9-11,13H,7-8H2,1-3H3,(H,18,19,20). The molecule has 0 unspecified atom stereocenters. The van der Waals surface area contributed by atoms with Crippen molar-refractivity contribution in [3.8, 4) is 17.0 Å². The minimum absolute atomic E-state index is 0.344. The van der Waals surface area contributed by atoms with Gasteiger partial charge in [0.1, 0.15) is 17.9 Å². The predicted molar refractivity (Wildman–Crippen MR) is 84.8 cm³/mol. The van der Waals surface area contributed by atoms with Crippen LogP contribution in [0, 0.1) is 0 Å². The Balaban J connectivity index is 2.02. The van der Waals surface area contributed by atoms with Crippen LogP contribution in [0.3, 0.4) is 0 Å². The average molecular weight is 283 g/mol. The zero-order chi connectivity index (χ0) is 14.8. The number of aromatic nitrogens is 2. The average Bonchev–Trinajstić information content (AvgIpc) is 3.30. The largest absolute Gasteiger partial charge is 0.490 e. The van der Waals surface area contributed by atoms with Gasteiger partial charge in [-0.25, -0.2) is 9.97 Å². The molecule has 110 valence electrons. The van der Waals surface area contributed by atoms with Crippen LogP contribution in [-0.2, 0) is 0 Å². The summed E-state index contributed by atoms with van der Waals surface area (Å²) in [5.74, 6) is 2.16. The quantitative estimate of drug-likeness (QED) is 0.905. The zero-order valence-electron chi connectivity index (χ0n) is 12.8. The van der Waals surface area contributed by atoms with Gasteiger partial charge in [-0.3, -0.25) is 0 Å². The van der Waals surface area contributed by atoms with Crippen LogP contribution in [0.2, 0.25) is 0 Å². The molecule has 1 N–H and O–H groups in total. The summed E-state index contributed by atoms with van der Waals surface area (Å²) < 4.78 is 5.89. The molecule has 0 amide bonds. The fourth-order valence-electron chi connectivity index (χ4n) is 2.47. The highest BCUT2D eigenvalue weighted by Crippen LogP contribution is 2.34. The molecular weight excluding hydrogens is 262 g/mol. The van der Waals surface area contributed by atoms with E-state index >= 15 is 0 Å². The smallest absolute Gasteiger partial charge is 0.133 e. The number of hydrogen-bond acceptors (Lipinski definition) is 4. The lowest BCUT2D eigenvalue weighted by molar-refractivity contribution is 0.303. The Hall–Kier alpha value is -2.10. The Labute approximate surface area is 125 Å². The minimum atomic E-state index is 0.344. The maximum absolute atomic E-state index is 5.89. The lowest BCUT2D eigenvalue weighted by Crippen LogP contribution is -2.04. The van der Waals surface area contributed by atoms with Crippen LogP contribution in [0.1, 0.15) is 38.2 Å². The Bertz CT molecular complexity index is 636. The fraction of sp³-hybridized carbons (Fsp3) is 0.412. The summed E-state index contributed by atoms with van der Waals surface area (Å²) >= 11 is 0. The van der Waals surface area contributed by atoms with E-state index in [1.807, 2.05) is 19.2 Å². The number of hydrogen-bond donors (Lipinski definition) is 1. The molecule has 4 heteroatoms. The van der Waals surface area contributed by atoms with Crippen molar-refractivity contribution in [1.29, 1.82) is 0 Å². The first-order chi connectivity index (χ1) is 10.2. The summed E-state index contributed by atoms with van der Waals surface area (Å²) in [4.78, 5) is 8.84. The van der Waals surface area contributed by atoms with Crippen molar-refractivity contribution in [2.75, 3.05) is 12.4 Å². The molecule has 1 saturated carbocycles. The van der Waals surface area contributed by atoms with E-state index in [1.54, 1.807) is 6.33 Å². The van der Waals surface area contributed by atoms with Crippen molar-refractivity contribution in [2.45, 2.75) is 38.7 Å². The second-order valence-corrected chi connectivity index (χ2v) is 5.73. The van der Waals surface area contributed by atoms with Gasteiger partial charge in [0.25, 0.3) is 0 Å². The molecule has 2 aromatic rings. The van der Waals surface area contributed by atoms with E-state index in [4.69, 9.17) is 4.74 Å². The highest BCUT2D eigenvalue weighted by Gasteiger charge is 2.24. The van der Waals surface area contributed by atoms with Crippen LogP contribution in [-0.4, -0.2) is 23.1 Å². The van der Waals surface area contributed by atoms with Crippen LogP contribution in [0.15, 0.2) is 30.6 Å². The summed E-state index contributed by atoms with van der Waals surface area (Å²) in [6.07, 6.45) is 4.35. The topological polar surface area (TPSA) is 47.0 Å². The number of benzene rings is 1. The molecule has 0 atom stereocenters. The van der Waals surface area contributed by atoms with Gasteiger partial charge in [0.05, 0.1) is 11.8 Å². The third-order valence-corrected chi connectivity index (χ3v) is 3.63. The molecule has 1 aliphatic rings. The van der Waals surface area contributed by atoms with E-state index in [2.05, 4.69) is 41.3 Å². The maximum atomic E-state index is 5.89. The maximum Gasteiger partial charge on any atom is 0.133 e. The first-order valence-electron chi connectivity index (χ1n) is 7.48. The van der Waals surface area contributed by atoms with E-state index in [-0.39, 0.29) is 0 Å². The van der Waals surface area contributed by atoms with Gasteiger partial charge in [-0.05, 0) is 30.9 Å². The summed E-state index contributed by atoms with van der Waals surface area (Å²) in [5, 5.41) is 3.16. The summed E-state index contributed by atoms with van der Waals surface area (Å²) in [6.45, 7) is 4.32. The van der Waals surface area contributed by atoms with E-state index < -0.39 is 0 Å². The van der Waals surface area contributed by atoms with Gasteiger partial charge >= 0.3 is 0 Å². The van der Waals surface area contributed by atoms with Gasteiger partial charge in [0, 0.05) is 18.2 Å². The second-order valence-electron chi connectivity index (χ2n) is 5.73. The molecule has 0 radical (unpaired) electrons. The van der Waals surface area contributed by atoms with Crippen molar-refractivity contribution in [3.63, 3.8) is 0 Å². The first-order valence-corrected chi connectivity index (χ1v) is 7.48. The van der Waals surface area contributed by atoms with Gasteiger partial charge in [0.2, 0.25) is 0 Å². The Kier molecular flexibility index (Phi) is 3.78. The number of rotatable bonds is 5. The Morgan fingerprint density at radius 1 is 1.24 bits per heavy atom. The number of ether oxygens (including phenoxy) is 1. The van der Waals surface area contributed by atoms with Crippen molar-refractivity contribution in [1.82, 2.24) is 9.97 Å². The van der Waals surface area contributed by atoms with Gasteiger partial charge in [-0.2, -0.15) is 0 Å². The molecule has 1 fully saturated rings. The van der Waals surface area contributed by atoms with E-state index in [0.29, 0.717) is 12.0 Å². The molecule has 1 aromatic carbocycles. The summed E-state index contributed by atoms with van der Waals surface area (Å²) in [7, 11) is 1.89. The van der Waals surface area contributed by atoms with Crippen LogP contribution in [0.25, 0.3) is 11.3 Å². The highest BCUT2D eigenvalue weighted by atomic mass is 16.5. The van der Waals surface area contributed by atoms with Crippen LogP contribution < -0.4 is 10.1 Å². The molecule has 1 heterocycles. The number of anilines is 1. The van der Waals surface area contributed by atoms with Gasteiger partial charge < -0.3 is 10.1 Å². The van der Waals surface area contributed by atoms with Crippen LogP contribution in [0.4, 0.5) is 5.82 Å². The summed E-state index contributed by atoms with van der Waals surface area (Å²) in [5.41, 5.74) is 3.20. The van der Waals surface area contributed by atoms with Gasteiger partial charge in [-0.15, -0.1) is 0 Å². The zero-order valence-corrected chi connectivity index (χ0v) is 12.8. The molecule has 21 heavy (non-hydrogen) atoms. The lowest BCUT2D eigenvalue weighted by atomic mass is 9.97. The summed E-state index contributed by atoms with van der Waals surface area (Å²) in [6, 6.07) is 8.19. The molecule has 3 rings (SSSR count).